The van der Waals surface area contributed by atoms with E-state index in [1.54, 1.807) is 37.5 Å². The number of carbonyl (C=O) groups excluding carboxylic acids is 1. The Hall–Kier alpha value is -1.95. The summed E-state index contributed by atoms with van der Waals surface area (Å²) in [6, 6.07) is 6.96. The van der Waals surface area contributed by atoms with Crippen LogP contribution in [0.25, 0.3) is 0 Å². The second kappa shape index (κ2) is 5.82. The predicted molar refractivity (Wildman–Crippen MR) is 67.3 cm³/mol. The van der Waals surface area contributed by atoms with Crippen molar-refractivity contribution in [3.63, 3.8) is 0 Å². The van der Waals surface area contributed by atoms with Crippen molar-refractivity contribution >= 4 is 29.5 Å². The van der Waals surface area contributed by atoms with Gasteiger partial charge in [0.25, 0.3) is 5.91 Å². The molecular weight excluding hydrogens is 224 g/mol. The molecule has 0 aliphatic heterocycles. The number of amides is 1. The fraction of sp³-hybridized carbons (Fsp3) is 0.100. The first kappa shape index (κ1) is 12.1. The number of nitrogens with zero attached hydrogens (tertiary/aromatic N) is 1. The standard InChI is InChI=1S/C10H12N4OS/c1-12-9(15)8-4-2-7(3-5-8)6-13-14-10(11)16/h2-6H,1H3,(H,12,15)(H3,11,14,16). The largest absolute Gasteiger partial charge is 0.375 e. The Balaban J connectivity index is 2.68. The number of rotatable bonds is 3. The monoisotopic (exact) mass is 236 g/mol. The molecule has 4 N–H and O–H groups in total. The molecule has 0 saturated heterocycles. The summed E-state index contributed by atoms with van der Waals surface area (Å²) in [5.41, 5.74) is 9.08. The molecule has 1 aromatic rings. The van der Waals surface area contributed by atoms with Crippen molar-refractivity contribution in [2.75, 3.05) is 7.05 Å². The lowest BCUT2D eigenvalue weighted by Crippen LogP contribution is -2.24. The lowest BCUT2D eigenvalue weighted by atomic mass is 10.1. The zero-order valence-corrected chi connectivity index (χ0v) is 9.54. The second-order valence-electron chi connectivity index (χ2n) is 2.94. The Morgan fingerprint density at radius 2 is 2.06 bits per heavy atom. The van der Waals surface area contributed by atoms with Gasteiger partial charge in [-0.3, -0.25) is 10.2 Å². The van der Waals surface area contributed by atoms with Gasteiger partial charge in [-0.2, -0.15) is 5.10 Å². The molecule has 0 atom stereocenters. The van der Waals surface area contributed by atoms with E-state index in [1.165, 1.54) is 0 Å². The Kier molecular flexibility index (Phi) is 4.41. The van der Waals surface area contributed by atoms with Gasteiger partial charge in [0.05, 0.1) is 6.21 Å². The maximum atomic E-state index is 11.2. The highest BCUT2D eigenvalue weighted by molar-refractivity contribution is 7.80. The van der Waals surface area contributed by atoms with E-state index in [2.05, 4.69) is 28.1 Å². The van der Waals surface area contributed by atoms with Gasteiger partial charge in [0, 0.05) is 12.6 Å². The second-order valence-corrected chi connectivity index (χ2v) is 3.38. The average Bonchev–Trinajstić information content (AvgIpc) is 2.28. The maximum Gasteiger partial charge on any atom is 0.251 e. The quantitative estimate of drug-likeness (QED) is 0.398. The minimum Gasteiger partial charge on any atom is -0.375 e. The van der Waals surface area contributed by atoms with Gasteiger partial charge in [-0.15, -0.1) is 0 Å². The molecule has 0 aromatic heterocycles. The highest BCUT2D eigenvalue weighted by Crippen LogP contribution is 2.02. The van der Waals surface area contributed by atoms with E-state index in [9.17, 15) is 4.79 Å². The van der Waals surface area contributed by atoms with E-state index in [-0.39, 0.29) is 11.0 Å². The molecule has 0 unspecified atom stereocenters. The molecule has 6 heteroatoms. The topological polar surface area (TPSA) is 79.5 Å². The van der Waals surface area contributed by atoms with Gasteiger partial charge in [0.15, 0.2) is 5.11 Å². The zero-order valence-electron chi connectivity index (χ0n) is 8.73. The molecule has 0 aliphatic carbocycles. The molecule has 1 rings (SSSR count). The Labute approximate surface area is 98.7 Å². The van der Waals surface area contributed by atoms with Crippen LogP contribution in [0.5, 0.6) is 0 Å². The van der Waals surface area contributed by atoms with Gasteiger partial charge < -0.3 is 11.1 Å². The third-order valence-corrected chi connectivity index (χ3v) is 1.88. The number of benzene rings is 1. The average molecular weight is 236 g/mol. The fourth-order valence-electron chi connectivity index (χ4n) is 1.04. The van der Waals surface area contributed by atoms with Crippen molar-refractivity contribution in [1.82, 2.24) is 10.7 Å². The molecular formula is C10H12N4OS. The Morgan fingerprint density at radius 1 is 1.44 bits per heavy atom. The Bertz CT molecular complexity index is 413. The predicted octanol–water partition coefficient (Wildman–Crippen LogP) is 0.213. The van der Waals surface area contributed by atoms with E-state index in [1.807, 2.05) is 0 Å². The third kappa shape index (κ3) is 3.66. The first-order valence-corrected chi connectivity index (χ1v) is 4.95. The molecule has 0 spiro atoms. The number of carbonyl (C=O) groups is 1. The van der Waals surface area contributed by atoms with Crippen LogP contribution in [0.4, 0.5) is 0 Å². The van der Waals surface area contributed by atoms with Gasteiger partial charge in [0.2, 0.25) is 0 Å². The molecule has 1 amide bonds. The number of hydrazone groups is 1. The molecule has 0 fully saturated rings. The number of nitrogens with one attached hydrogen (secondary N) is 2. The van der Waals surface area contributed by atoms with E-state index in [0.29, 0.717) is 5.56 Å². The van der Waals surface area contributed by atoms with Crippen molar-refractivity contribution in [3.8, 4) is 0 Å². The third-order valence-electron chi connectivity index (χ3n) is 1.79. The number of hydrogen-bond acceptors (Lipinski definition) is 3. The van der Waals surface area contributed by atoms with Gasteiger partial charge in [0.1, 0.15) is 0 Å². The number of thiocarbonyl (C=S) groups is 1. The van der Waals surface area contributed by atoms with Crippen molar-refractivity contribution in [1.29, 1.82) is 0 Å². The van der Waals surface area contributed by atoms with Crippen LogP contribution in [0, 0.1) is 0 Å². The summed E-state index contributed by atoms with van der Waals surface area (Å²) in [6.07, 6.45) is 1.56. The van der Waals surface area contributed by atoms with Crippen molar-refractivity contribution < 1.29 is 4.79 Å². The molecule has 0 radical (unpaired) electrons. The van der Waals surface area contributed by atoms with Crippen LogP contribution < -0.4 is 16.5 Å². The first-order chi connectivity index (χ1) is 7.63. The molecule has 0 aliphatic rings. The minimum atomic E-state index is -0.121. The van der Waals surface area contributed by atoms with Crippen molar-refractivity contribution in [3.05, 3.63) is 35.4 Å². The summed E-state index contributed by atoms with van der Waals surface area (Å²) in [5, 5.41) is 6.44. The van der Waals surface area contributed by atoms with Crippen LogP contribution in [-0.2, 0) is 0 Å². The molecule has 0 bridgehead atoms. The van der Waals surface area contributed by atoms with Crippen molar-refractivity contribution in [2.45, 2.75) is 0 Å². The summed E-state index contributed by atoms with van der Waals surface area (Å²) in [6.45, 7) is 0. The smallest absolute Gasteiger partial charge is 0.251 e. The van der Waals surface area contributed by atoms with E-state index < -0.39 is 0 Å². The zero-order chi connectivity index (χ0) is 12.0. The normalized spacial score (nSPS) is 10.1. The van der Waals surface area contributed by atoms with E-state index >= 15 is 0 Å². The summed E-state index contributed by atoms with van der Waals surface area (Å²) < 4.78 is 0. The van der Waals surface area contributed by atoms with Gasteiger partial charge in [-0.25, -0.2) is 0 Å². The highest BCUT2D eigenvalue weighted by Gasteiger charge is 2.00. The first-order valence-electron chi connectivity index (χ1n) is 4.54. The van der Waals surface area contributed by atoms with Crippen LogP contribution >= 0.6 is 12.2 Å². The lowest BCUT2D eigenvalue weighted by molar-refractivity contribution is 0.0963. The van der Waals surface area contributed by atoms with Gasteiger partial charge in [-0.05, 0) is 29.9 Å². The SMILES string of the molecule is CNC(=O)c1ccc(C=NNC(N)=S)cc1. The maximum absolute atomic E-state index is 11.2. The summed E-state index contributed by atoms with van der Waals surface area (Å²) >= 11 is 4.58. The van der Waals surface area contributed by atoms with Gasteiger partial charge >= 0.3 is 0 Å². The molecule has 84 valence electrons. The number of nitrogens with two attached hydrogens (primary N) is 1. The Morgan fingerprint density at radius 3 is 2.56 bits per heavy atom. The highest BCUT2D eigenvalue weighted by atomic mass is 32.1. The van der Waals surface area contributed by atoms with Crippen LogP contribution in [-0.4, -0.2) is 24.3 Å². The van der Waals surface area contributed by atoms with E-state index in [0.717, 1.165) is 5.56 Å². The molecule has 5 nitrogen and oxygen atoms in total. The molecule has 0 heterocycles. The minimum absolute atomic E-state index is 0.109. The molecule has 0 saturated carbocycles. The van der Waals surface area contributed by atoms with E-state index in [4.69, 9.17) is 5.73 Å². The molecule has 1 aromatic carbocycles. The van der Waals surface area contributed by atoms with Gasteiger partial charge in [-0.1, -0.05) is 12.1 Å². The van der Waals surface area contributed by atoms with Crippen molar-refractivity contribution in [2.24, 2.45) is 10.8 Å². The fourth-order valence-corrected chi connectivity index (χ4v) is 1.09. The number of hydrogen-bond donors (Lipinski definition) is 3. The van der Waals surface area contributed by atoms with Crippen LogP contribution in [0.3, 0.4) is 0 Å². The van der Waals surface area contributed by atoms with Crippen LogP contribution in [0.1, 0.15) is 15.9 Å². The lowest BCUT2D eigenvalue weighted by Gasteiger charge is -1.99. The summed E-state index contributed by atoms with van der Waals surface area (Å²) in [7, 11) is 1.59. The van der Waals surface area contributed by atoms with Crippen LogP contribution in [0.2, 0.25) is 0 Å². The van der Waals surface area contributed by atoms with Crippen LogP contribution in [0.15, 0.2) is 29.4 Å². The summed E-state index contributed by atoms with van der Waals surface area (Å²) in [5.74, 6) is -0.121. The summed E-state index contributed by atoms with van der Waals surface area (Å²) in [4.78, 5) is 11.2. The molecule has 16 heavy (non-hydrogen) atoms.